The van der Waals surface area contributed by atoms with E-state index in [2.05, 4.69) is 10.3 Å². The Kier molecular flexibility index (Phi) is 4.82. The molecule has 0 aliphatic rings. The Bertz CT molecular complexity index is 669. The zero-order valence-corrected chi connectivity index (χ0v) is 12.7. The summed E-state index contributed by atoms with van der Waals surface area (Å²) in [6, 6.07) is 5.27. The molecule has 0 saturated heterocycles. The molecule has 0 aliphatic heterocycles. The van der Waals surface area contributed by atoms with Crippen LogP contribution < -0.4 is 14.8 Å². The van der Waals surface area contributed by atoms with Crippen LogP contribution in [0.1, 0.15) is 13.8 Å². The number of aromatic nitrogens is 2. The summed E-state index contributed by atoms with van der Waals surface area (Å²) in [5.41, 5.74) is 0.651. The fourth-order valence-corrected chi connectivity index (χ4v) is 1.96. The summed E-state index contributed by atoms with van der Waals surface area (Å²) >= 11 is 0. The van der Waals surface area contributed by atoms with Gasteiger partial charge in [-0.3, -0.25) is 4.57 Å². The number of aryl methyl sites for hydroxylation is 1. The molecule has 2 rings (SSSR count). The fourth-order valence-electron chi connectivity index (χ4n) is 1.96. The van der Waals surface area contributed by atoms with Crippen molar-refractivity contribution in [3.63, 3.8) is 0 Å². The van der Waals surface area contributed by atoms with Gasteiger partial charge in [0.2, 0.25) is 12.1 Å². The van der Waals surface area contributed by atoms with Gasteiger partial charge in [0.1, 0.15) is 0 Å². The van der Waals surface area contributed by atoms with E-state index < -0.39 is 4.92 Å². The summed E-state index contributed by atoms with van der Waals surface area (Å²) in [4.78, 5) is 14.2. The standard InChI is InChI=1S/C14H18N4O4/c1-4-21-11-7-6-10(8-12(11)22-5-2)16-14-13(18(19)20)15-9-17(14)3/h6-9,16H,4-5H2,1-3H3. The first-order valence-electron chi connectivity index (χ1n) is 6.89. The third kappa shape index (κ3) is 3.27. The quantitative estimate of drug-likeness (QED) is 0.624. The fraction of sp³-hybridized carbons (Fsp3) is 0.357. The minimum atomic E-state index is -0.527. The van der Waals surface area contributed by atoms with E-state index in [0.29, 0.717) is 36.2 Å². The Morgan fingerprint density at radius 2 is 1.95 bits per heavy atom. The van der Waals surface area contributed by atoms with E-state index in [-0.39, 0.29) is 5.82 Å². The van der Waals surface area contributed by atoms with Crippen LogP contribution >= 0.6 is 0 Å². The van der Waals surface area contributed by atoms with Crippen LogP contribution in [-0.4, -0.2) is 27.7 Å². The molecule has 22 heavy (non-hydrogen) atoms. The molecular weight excluding hydrogens is 288 g/mol. The molecular formula is C14H18N4O4. The van der Waals surface area contributed by atoms with Crippen LogP contribution in [0.3, 0.4) is 0 Å². The highest BCUT2D eigenvalue weighted by Gasteiger charge is 2.20. The number of hydrogen-bond donors (Lipinski definition) is 1. The molecule has 0 unspecified atom stereocenters. The topological polar surface area (TPSA) is 91.5 Å². The summed E-state index contributed by atoms with van der Waals surface area (Å²) in [6.45, 7) is 4.79. The van der Waals surface area contributed by atoms with Gasteiger partial charge in [-0.05, 0) is 35.9 Å². The normalized spacial score (nSPS) is 10.3. The summed E-state index contributed by atoms with van der Waals surface area (Å²) in [5.74, 6) is 1.29. The van der Waals surface area contributed by atoms with Crippen molar-refractivity contribution in [2.75, 3.05) is 18.5 Å². The number of rotatable bonds is 7. The number of benzene rings is 1. The predicted molar refractivity (Wildman–Crippen MR) is 81.9 cm³/mol. The maximum Gasteiger partial charge on any atom is 0.406 e. The highest BCUT2D eigenvalue weighted by atomic mass is 16.6. The third-order valence-corrected chi connectivity index (χ3v) is 2.90. The van der Waals surface area contributed by atoms with Gasteiger partial charge in [-0.25, -0.2) is 0 Å². The third-order valence-electron chi connectivity index (χ3n) is 2.90. The molecule has 1 N–H and O–H groups in total. The molecule has 8 heteroatoms. The number of nitrogens with one attached hydrogen (secondary N) is 1. The van der Waals surface area contributed by atoms with Gasteiger partial charge in [-0.1, -0.05) is 0 Å². The van der Waals surface area contributed by atoms with Crippen LogP contribution in [0, 0.1) is 10.1 Å². The van der Waals surface area contributed by atoms with Crippen molar-refractivity contribution in [2.24, 2.45) is 7.05 Å². The van der Waals surface area contributed by atoms with Crippen molar-refractivity contribution in [1.29, 1.82) is 0 Å². The molecule has 118 valence electrons. The van der Waals surface area contributed by atoms with Gasteiger partial charge in [-0.15, -0.1) is 0 Å². The van der Waals surface area contributed by atoms with Crippen LogP contribution in [0.15, 0.2) is 24.5 Å². The minimum absolute atomic E-state index is 0.227. The molecule has 0 amide bonds. The van der Waals surface area contributed by atoms with Crippen LogP contribution in [0.25, 0.3) is 0 Å². The van der Waals surface area contributed by atoms with Gasteiger partial charge < -0.3 is 24.9 Å². The first-order valence-corrected chi connectivity index (χ1v) is 6.89. The van der Waals surface area contributed by atoms with Crippen molar-refractivity contribution in [1.82, 2.24) is 9.55 Å². The number of nitro groups is 1. The SMILES string of the molecule is CCOc1ccc(Nc2c([N+](=O)[O-])ncn2C)cc1OCC. The smallest absolute Gasteiger partial charge is 0.406 e. The summed E-state index contributed by atoms with van der Waals surface area (Å²) in [5, 5.41) is 14.0. The second kappa shape index (κ2) is 6.79. The number of imidazole rings is 1. The molecule has 1 aromatic carbocycles. The van der Waals surface area contributed by atoms with Crippen LogP contribution in [0.5, 0.6) is 11.5 Å². The van der Waals surface area contributed by atoms with Crippen LogP contribution in [0.4, 0.5) is 17.3 Å². The maximum absolute atomic E-state index is 11.0. The second-order valence-electron chi connectivity index (χ2n) is 4.44. The Labute approximate surface area is 127 Å². The Hall–Kier alpha value is -2.77. The van der Waals surface area contributed by atoms with Gasteiger partial charge in [0.05, 0.1) is 13.2 Å². The molecule has 0 saturated carbocycles. The number of anilines is 2. The maximum atomic E-state index is 11.0. The molecule has 8 nitrogen and oxygen atoms in total. The molecule has 0 bridgehead atoms. The largest absolute Gasteiger partial charge is 0.490 e. The van der Waals surface area contributed by atoms with Crippen molar-refractivity contribution < 1.29 is 14.4 Å². The summed E-state index contributed by atoms with van der Waals surface area (Å²) in [6.07, 6.45) is 1.39. The summed E-state index contributed by atoms with van der Waals surface area (Å²) < 4.78 is 12.6. The molecule has 0 atom stereocenters. The van der Waals surface area contributed by atoms with Crippen molar-refractivity contribution in [3.05, 3.63) is 34.6 Å². The van der Waals surface area contributed by atoms with Crippen LogP contribution in [-0.2, 0) is 7.05 Å². The lowest BCUT2D eigenvalue weighted by Gasteiger charge is -2.13. The Balaban J connectivity index is 2.32. The van der Waals surface area contributed by atoms with Gasteiger partial charge in [0.25, 0.3) is 0 Å². The average molecular weight is 306 g/mol. The number of ether oxygens (including phenoxy) is 2. The van der Waals surface area contributed by atoms with E-state index in [9.17, 15) is 10.1 Å². The molecule has 0 aliphatic carbocycles. The Morgan fingerprint density at radius 3 is 2.59 bits per heavy atom. The zero-order chi connectivity index (χ0) is 16.1. The highest BCUT2D eigenvalue weighted by molar-refractivity contribution is 5.66. The molecule has 0 fully saturated rings. The molecule has 2 aromatic rings. The van der Waals surface area contributed by atoms with Crippen LogP contribution in [0.2, 0.25) is 0 Å². The first kappa shape index (κ1) is 15.6. The second-order valence-corrected chi connectivity index (χ2v) is 4.44. The van der Waals surface area contributed by atoms with Gasteiger partial charge in [0.15, 0.2) is 11.5 Å². The first-order chi connectivity index (χ1) is 10.6. The lowest BCUT2D eigenvalue weighted by Crippen LogP contribution is -2.02. The Morgan fingerprint density at radius 1 is 1.27 bits per heavy atom. The van der Waals surface area contributed by atoms with E-state index in [1.54, 1.807) is 29.8 Å². The van der Waals surface area contributed by atoms with E-state index in [1.165, 1.54) is 6.33 Å². The summed E-state index contributed by atoms with van der Waals surface area (Å²) in [7, 11) is 1.68. The van der Waals surface area contributed by atoms with E-state index in [0.717, 1.165) is 0 Å². The molecule has 0 spiro atoms. The van der Waals surface area contributed by atoms with Crippen molar-refractivity contribution in [2.45, 2.75) is 13.8 Å². The molecule has 0 radical (unpaired) electrons. The van der Waals surface area contributed by atoms with Gasteiger partial charge in [-0.2, -0.15) is 0 Å². The molecule has 1 aromatic heterocycles. The number of nitrogens with zero attached hydrogens (tertiary/aromatic N) is 3. The lowest BCUT2D eigenvalue weighted by atomic mass is 10.2. The number of hydrogen-bond acceptors (Lipinski definition) is 6. The average Bonchev–Trinajstić information content (AvgIpc) is 2.84. The van der Waals surface area contributed by atoms with Gasteiger partial charge in [0, 0.05) is 18.8 Å². The predicted octanol–water partition coefficient (Wildman–Crippen LogP) is 2.87. The lowest BCUT2D eigenvalue weighted by molar-refractivity contribution is -0.388. The zero-order valence-electron chi connectivity index (χ0n) is 12.7. The van der Waals surface area contributed by atoms with E-state index >= 15 is 0 Å². The monoisotopic (exact) mass is 306 g/mol. The minimum Gasteiger partial charge on any atom is -0.490 e. The van der Waals surface area contributed by atoms with Crippen molar-refractivity contribution >= 4 is 17.3 Å². The highest BCUT2D eigenvalue weighted by Crippen LogP contribution is 2.33. The van der Waals surface area contributed by atoms with E-state index in [4.69, 9.17) is 9.47 Å². The van der Waals surface area contributed by atoms with E-state index in [1.807, 2.05) is 13.8 Å². The van der Waals surface area contributed by atoms with Gasteiger partial charge >= 0.3 is 5.82 Å². The molecule has 1 heterocycles. The van der Waals surface area contributed by atoms with Crippen molar-refractivity contribution in [3.8, 4) is 11.5 Å².